The van der Waals surface area contributed by atoms with Crippen molar-refractivity contribution in [1.82, 2.24) is 0 Å². The number of aryl methyl sites for hydroxylation is 1. The summed E-state index contributed by atoms with van der Waals surface area (Å²) in [5, 5.41) is 2.81. The van der Waals surface area contributed by atoms with Crippen LogP contribution in [0.4, 0.5) is 0 Å². The summed E-state index contributed by atoms with van der Waals surface area (Å²) in [4.78, 5) is 0. The Kier molecular flexibility index (Phi) is 2.87. The molecule has 0 amide bonds. The second kappa shape index (κ2) is 4.55. The summed E-state index contributed by atoms with van der Waals surface area (Å²) in [6.07, 6.45) is 0. The number of hydrogen-bond acceptors (Lipinski definition) is 0. The van der Waals surface area contributed by atoms with Crippen LogP contribution in [0.5, 0.6) is 0 Å². The first-order valence-electron chi connectivity index (χ1n) is 6.98. The Morgan fingerprint density at radius 2 is 1.16 bits per heavy atom. The van der Waals surface area contributed by atoms with Gasteiger partial charge < -0.3 is 0 Å². The molecule has 0 saturated heterocycles. The topological polar surface area (TPSA) is 0 Å². The molecule has 1 aliphatic rings. The van der Waals surface area contributed by atoms with Crippen LogP contribution in [0.3, 0.4) is 0 Å². The second-order valence-electron chi connectivity index (χ2n) is 4.70. The number of fused-ring (bicyclic) bond motifs is 3. The van der Waals surface area contributed by atoms with E-state index in [1.165, 1.54) is 38.6 Å². The molecule has 0 heterocycles. The van der Waals surface area contributed by atoms with Crippen LogP contribution in [0.15, 0.2) is 54.6 Å². The van der Waals surface area contributed by atoms with Crippen molar-refractivity contribution in [2.24, 2.45) is 0 Å². The summed E-state index contributed by atoms with van der Waals surface area (Å²) in [5.41, 5.74) is 6.88. The van der Waals surface area contributed by atoms with Crippen LogP contribution >= 0.6 is 0 Å². The predicted molar refractivity (Wildman–Crippen MR) is 84.5 cm³/mol. The van der Waals surface area contributed by atoms with E-state index in [1.54, 1.807) is 0 Å². The summed E-state index contributed by atoms with van der Waals surface area (Å²) in [6, 6.07) is 19.8. The Labute approximate surface area is 114 Å². The molecule has 0 nitrogen and oxygen atoms in total. The third-order valence-electron chi connectivity index (χ3n) is 3.77. The first-order valence-corrected chi connectivity index (χ1v) is 6.98. The van der Waals surface area contributed by atoms with E-state index >= 15 is 0 Å². The fourth-order valence-corrected chi connectivity index (χ4v) is 2.95. The summed E-state index contributed by atoms with van der Waals surface area (Å²) >= 11 is 0. The van der Waals surface area contributed by atoms with Gasteiger partial charge >= 0.3 is 0 Å². The van der Waals surface area contributed by atoms with Gasteiger partial charge in [-0.1, -0.05) is 68.4 Å². The van der Waals surface area contributed by atoms with Crippen LogP contribution in [0.25, 0.3) is 33.0 Å². The van der Waals surface area contributed by atoms with Gasteiger partial charge in [-0.05, 0) is 45.5 Å². The molecule has 0 aromatic heterocycles. The first-order chi connectivity index (χ1) is 9.36. The van der Waals surface area contributed by atoms with Crippen molar-refractivity contribution in [1.29, 1.82) is 0 Å². The van der Waals surface area contributed by atoms with E-state index < -0.39 is 0 Å². The van der Waals surface area contributed by atoms with Gasteiger partial charge in [-0.2, -0.15) is 0 Å². The van der Waals surface area contributed by atoms with E-state index in [9.17, 15) is 0 Å². The zero-order chi connectivity index (χ0) is 13.4. The van der Waals surface area contributed by atoms with Gasteiger partial charge in [0.15, 0.2) is 0 Å². The summed E-state index contributed by atoms with van der Waals surface area (Å²) in [5.74, 6) is 0. The molecule has 0 N–H and O–H groups in total. The van der Waals surface area contributed by atoms with E-state index in [4.69, 9.17) is 0 Å². The average Bonchev–Trinajstić information content (AvgIpc) is 2.81. The smallest absolute Gasteiger partial charge is 0.00237 e. The lowest BCUT2D eigenvalue weighted by Crippen LogP contribution is -1.79. The third-order valence-corrected chi connectivity index (χ3v) is 3.77. The zero-order valence-corrected chi connectivity index (χ0v) is 11.7. The van der Waals surface area contributed by atoms with Gasteiger partial charge in [-0.3, -0.25) is 0 Å². The Bertz CT molecular complexity index is 722. The van der Waals surface area contributed by atoms with Crippen LogP contribution in [0.2, 0.25) is 0 Å². The molecular weight excluding hydrogens is 228 g/mol. The molecular formula is C19H18. The molecule has 0 spiro atoms. The predicted octanol–water partition coefficient (Wildman–Crippen LogP) is 5.82. The Hall–Kier alpha value is -2.08. The zero-order valence-electron chi connectivity index (χ0n) is 11.7. The number of rotatable bonds is 0. The van der Waals surface area contributed by atoms with Crippen LogP contribution in [-0.2, 0) is 0 Å². The molecule has 0 radical (unpaired) electrons. The standard InChI is InChI=1S/C17H12.C2H6/c1-11-9-10-16-14-6-3-2-5-13(14)15-8-4-7-12(11)17(15)16;1-2/h2-10H,1H3;1-2H3. The van der Waals surface area contributed by atoms with E-state index in [0.29, 0.717) is 0 Å². The number of benzene rings is 3. The highest BCUT2D eigenvalue weighted by Gasteiger charge is 2.20. The van der Waals surface area contributed by atoms with Gasteiger partial charge in [-0.25, -0.2) is 0 Å². The lowest BCUT2D eigenvalue weighted by atomic mass is 9.99. The van der Waals surface area contributed by atoms with Crippen molar-refractivity contribution in [3.05, 3.63) is 60.2 Å². The number of hydrogen-bond donors (Lipinski definition) is 0. The summed E-state index contributed by atoms with van der Waals surface area (Å²) in [6.45, 7) is 6.19. The molecule has 1 aliphatic carbocycles. The lowest BCUT2D eigenvalue weighted by Gasteiger charge is -2.04. The largest absolute Gasteiger partial charge is 0.0683 e. The molecule has 0 aliphatic heterocycles. The minimum atomic E-state index is 1.36. The van der Waals surface area contributed by atoms with Crippen molar-refractivity contribution in [2.45, 2.75) is 20.8 Å². The molecule has 3 aromatic carbocycles. The monoisotopic (exact) mass is 246 g/mol. The van der Waals surface area contributed by atoms with Crippen molar-refractivity contribution in [2.75, 3.05) is 0 Å². The molecule has 0 fully saturated rings. The second-order valence-corrected chi connectivity index (χ2v) is 4.70. The molecule has 0 atom stereocenters. The van der Waals surface area contributed by atoms with Crippen molar-refractivity contribution in [3.8, 4) is 22.3 Å². The summed E-state index contributed by atoms with van der Waals surface area (Å²) < 4.78 is 0. The molecule has 0 unspecified atom stereocenters. The van der Waals surface area contributed by atoms with Crippen molar-refractivity contribution < 1.29 is 0 Å². The maximum Gasteiger partial charge on any atom is -0.00237 e. The third kappa shape index (κ3) is 1.60. The van der Waals surface area contributed by atoms with Gasteiger partial charge in [0.05, 0.1) is 0 Å². The van der Waals surface area contributed by atoms with Gasteiger partial charge in [-0.15, -0.1) is 0 Å². The minimum absolute atomic E-state index is 1.36. The molecule has 0 bridgehead atoms. The van der Waals surface area contributed by atoms with Crippen LogP contribution < -0.4 is 0 Å². The highest BCUT2D eigenvalue weighted by Crippen LogP contribution is 2.47. The van der Waals surface area contributed by atoms with Crippen LogP contribution in [-0.4, -0.2) is 0 Å². The van der Waals surface area contributed by atoms with E-state index in [0.717, 1.165) is 0 Å². The normalized spacial score (nSPS) is 10.9. The van der Waals surface area contributed by atoms with Gasteiger partial charge in [0.25, 0.3) is 0 Å². The minimum Gasteiger partial charge on any atom is -0.0683 e. The molecule has 19 heavy (non-hydrogen) atoms. The highest BCUT2D eigenvalue weighted by atomic mass is 14.2. The molecule has 0 heteroatoms. The summed E-state index contributed by atoms with van der Waals surface area (Å²) in [7, 11) is 0. The van der Waals surface area contributed by atoms with E-state index in [1.807, 2.05) is 13.8 Å². The Morgan fingerprint density at radius 1 is 0.579 bits per heavy atom. The maximum atomic E-state index is 2.26. The van der Waals surface area contributed by atoms with E-state index in [-0.39, 0.29) is 0 Å². The maximum absolute atomic E-state index is 2.26. The average molecular weight is 246 g/mol. The van der Waals surface area contributed by atoms with E-state index in [2.05, 4.69) is 61.5 Å². The van der Waals surface area contributed by atoms with Crippen LogP contribution in [0, 0.1) is 6.92 Å². The molecule has 4 rings (SSSR count). The van der Waals surface area contributed by atoms with Gasteiger partial charge in [0, 0.05) is 0 Å². The quantitative estimate of drug-likeness (QED) is 0.366. The molecule has 0 saturated carbocycles. The van der Waals surface area contributed by atoms with Crippen molar-refractivity contribution >= 4 is 10.8 Å². The SMILES string of the molecule is CC.Cc1ccc2c3c(cccc13)-c1ccccc1-2. The van der Waals surface area contributed by atoms with Gasteiger partial charge in [0.2, 0.25) is 0 Å². The molecule has 3 aromatic rings. The molecule has 94 valence electrons. The van der Waals surface area contributed by atoms with Gasteiger partial charge in [0.1, 0.15) is 0 Å². The van der Waals surface area contributed by atoms with Crippen LogP contribution in [0.1, 0.15) is 19.4 Å². The Balaban J connectivity index is 0.000000528. The highest BCUT2D eigenvalue weighted by molar-refractivity contribution is 6.15. The fraction of sp³-hybridized carbons (Fsp3) is 0.158. The fourth-order valence-electron chi connectivity index (χ4n) is 2.95. The van der Waals surface area contributed by atoms with Crippen molar-refractivity contribution in [3.63, 3.8) is 0 Å². The lowest BCUT2D eigenvalue weighted by molar-refractivity contribution is 1.50. The first kappa shape index (κ1) is 12.0. The Morgan fingerprint density at radius 3 is 1.84 bits per heavy atom.